The Labute approximate surface area is 170 Å². The molecule has 0 saturated heterocycles. The lowest BCUT2D eigenvalue weighted by molar-refractivity contribution is 0.0515. The van der Waals surface area contributed by atoms with E-state index in [1.54, 1.807) is 37.3 Å². The maximum Gasteiger partial charge on any atom is 0.339 e. The van der Waals surface area contributed by atoms with Crippen molar-refractivity contribution in [2.45, 2.75) is 6.92 Å². The number of carbonyl (C=O) groups excluding carboxylic acids is 1. The van der Waals surface area contributed by atoms with Crippen LogP contribution in [0.4, 0.5) is 0 Å². The molecule has 0 fully saturated rings. The van der Waals surface area contributed by atoms with Crippen LogP contribution in [0, 0.1) is 0 Å². The number of carboxylic acid groups (broad SMARTS) is 1. The topological polar surface area (TPSA) is 101 Å². The molecule has 2 aliphatic heterocycles. The molecule has 8 nitrogen and oxygen atoms in total. The third kappa shape index (κ3) is 2.76. The Kier molecular flexibility index (Phi) is 4.13. The molecule has 3 aromatic rings. The van der Waals surface area contributed by atoms with Gasteiger partial charge in [0.15, 0.2) is 23.0 Å². The smallest absolute Gasteiger partial charge is 0.339 e. The van der Waals surface area contributed by atoms with Gasteiger partial charge < -0.3 is 28.8 Å². The van der Waals surface area contributed by atoms with Crippen molar-refractivity contribution in [3.05, 3.63) is 47.5 Å². The molecular weight excluding hydrogens is 392 g/mol. The fraction of sp³-hybridized carbons (Fsp3) is 0.182. The second kappa shape index (κ2) is 6.84. The SMILES string of the molecule is CCOC(=O)c1c(C(=O)O)cc2cc3c(cc2c1-c1ccc2c(c1)OCO2)OCO3. The van der Waals surface area contributed by atoms with Gasteiger partial charge in [-0.25, -0.2) is 9.59 Å². The lowest BCUT2D eigenvalue weighted by Crippen LogP contribution is -2.14. The largest absolute Gasteiger partial charge is 0.478 e. The zero-order chi connectivity index (χ0) is 20.8. The van der Waals surface area contributed by atoms with Crippen LogP contribution in [-0.2, 0) is 4.74 Å². The van der Waals surface area contributed by atoms with E-state index in [0.29, 0.717) is 44.9 Å². The van der Waals surface area contributed by atoms with Gasteiger partial charge in [-0.1, -0.05) is 6.07 Å². The van der Waals surface area contributed by atoms with Crippen LogP contribution in [-0.4, -0.2) is 37.2 Å². The second-order valence-electron chi connectivity index (χ2n) is 6.69. The van der Waals surface area contributed by atoms with E-state index in [0.717, 1.165) is 0 Å². The summed E-state index contributed by atoms with van der Waals surface area (Å²) in [6, 6.07) is 10.1. The first-order chi connectivity index (χ1) is 14.6. The molecular formula is C22H16O8. The van der Waals surface area contributed by atoms with E-state index in [1.165, 1.54) is 6.07 Å². The molecule has 0 aliphatic carbocycles. The van der Waals surface area contributed by atoms with Crippen LogP contribution in [0.5, 0.6) is 23.0 Å². The fourth-order valence-corrected chi connectivity index (χ4v) is 3.73. The molecule has 1 N–H and O–H groups in total. The van der Waals surface area contributed by atoms with E-state index >= 15 is 0 Å². The minimum Gasteiger partial charge on any atom is -0.478 e. The summed E-state index contributed by atoms with van der Waals surface area (Å²) < 4.78 is 27.0. The molecule has 0 bridgehead atoms. The third-order valence-electron chi connectivity index (χ3n) is 5.00. The maximum absolute atomic E-state index is 12.9. The Morgan fingerprint density at radius 1 is 0.933 bits per heavy atom. The lowest BCUT2D eigenvalue weighted by atomic mass is 9.89. The Morgan fingerprint density at radius 3 is 2.30 bits per heavy atom. The van der Waals surface area contributed by atoms with Crippen LogP contribution in [0.1, 0.15) is 27.6 Å². The molecule has 3 aromatic carbocycles. The summed E-state index contributed by atoms with van der Waals surface area (Å²) in [6.45, 7) is 1.94. The Bertz CT molecular complexity index is 1210. The molecule has 152 valence electrons. The summed E-state index contributed by atoms with van der Waals surface area (Å²) in [5.74, 6) is 0.160. The predicted octanol–water partition coefficient (Wildman–Crippen LogP) is 3.84. The average molecular weight is 408 g/mol. The van der Waals surface area contributed by atoms with Crippen molar-refractivity contribution < 1.29 is 38.4 Å². The third-order valence-corrected chi connectivity index (χ3v) is 5.00. The summed E-state index contributed by atoms with van der Waals surface area (Å²) in [5, 5.41) is 11.1. The van der Waals surface area contributed by atoms with Crippen molar-refractivity contribution >= 4 is 22.7 Å². The zero-order valence-electron chi connectivity index (χ0n) is 15.9. The lowest BCUT2D eigenvalue weighted by Gasteiger charge is -2.16. The molecule has 0 unspecified atom stereocenters. The van der Waals surface area contributed by atoms with E-state index in [1.807, 2.05) is 0 Å². The van der Waals surface area contributed by atoms with Gasteiger partial charge in [0.25, 0.3) is 0 Å². The van der Waals surface area contributed by atoms with Gasteiger partial charge in [0.2, 0.25) is 13.6 Å². The molecule has 0 aromatic heterocycles. The van der Waals surface area contributed by atoms with Crippen molar-refractivity contribution in [3.63, 3.8) is 0 Å². The van der Waals surface area contributed by atoms with Gasteiger partial charge in [0.1, 0.15) is 0 Å². The van der Waals surface area contributed by atoms with Crippen LogP contribution < -0.4 is 18.9 Å². The van der Waals surface area contributed by atoms with E-state index < -0.39 is 11.9 Å². The van der Waals surface area contributed by atoms with Gasteiger partial charge in [-0.05, 0) is 53.6 Å². The van der Waals surface area contributed by atoms with E-state index in [9.17, 15) is 14.7 Å². The Balaban J connectivity index is 1.87. The molecule has 2 aliphatic rings. The highest BCUT2D eigenvalue weighted by Gasteiger charge is 2.28. The molecule has 30 heavy (non-hydrogen) atoms. The monoisotopic (exact) mass is 408 g/mol. The van der Waals surface area contributed by atoms with Crippen molar-refractivity contribution in [3.8, 4) is 34.1 Å². The number of benzene rings is 3. The first-order valence-electron chi connectivity index (χ1n) is 9.27. The Hall–Kier alpha value is -3.94. The standard InChI is InChI=1S/C22H16O8/c1-2-26-22(25)20-14(21(23)24)5-12-7-17-18(30-10-29-17)8-13(12)19(20)11-3-4-15-16(6-11)28-9-27-15/h3-8H,2,9-10H2,1H3,(H,23,24). The molecule has 8 heteroatoms. The number of aromatic carboxylic acids is 1. The van der Waals surface area contributed by atoms with E-state index in [2.05, 4.69) is 0 Å². The van der Waals surface area contributed by atoms with Crippen molar-refractivity contribution in [1.82, 2.24) is 0 Å². The Morgan fingerprint density at radius 2 is 1.60 bits per heavy atom. The molecule has 0 radical (unpaired) electrons. The van der Waals surface area contributed by atoms with E-state index in [4.69, 9.17) is 23.7 Å². The van der Waals surface area contributed by atoms with Gasteiger partial charge in [0.05, 0.1) is 17.7 Å². The highest BCUT2D eigenvalue weighted by Crippen LogP contribution is 2.44. The zero-order valence-corrected chi connectivity index (χ0v) is 15.9. The molecule has 0 saturated carbocycles. The van der Waals surface area contributed by atoms with E-state index in [-0.39, 0.29) is 31.3 Å². The number of carboxylic acids is 1. The second-order valence-corrected chi connectivity index (χ2v) is 6.69. The quantitative estimate of drug-likeness (QED) is 0.650. The molecule has 2 heterocycles. The van der Waals surface area contributed by atoms with Crippen LogP contribution in [0.15, 0.2) is 36.4 Å². The number of fused-ring (bicyclic) bond motifs is 3. The van der Waals surface area contributed by atoms with Crippen LogP contribution in [0.3, 0.4) is 0 Å². The summed E-state index contributed by atoms with van der Waals surface area (Å²) in [5.41, 5.74) is 0.816. The highest BCUT2D eigenvalue weighted by atomic mass is 16.7. The van der Waals surface area contributed by atoms with Crippen molar-refractivity contribution in [1.29, 1.82) is 0 Å². The summed E-state index contributed by atoms with van der Waals surface area (Å²) in [4.78, 5) is 24.9. The van der Waals surface area contributed by atoms with Crippen LogP contribution in [0.25, 0.3) is 21.9 Å². The highest BCUT2D eigenvalue weighted by molar-refractivity contribution is 6.15. The average Bonchev–Trinajstić information content (AvgIpc) is 3.38. The number of hydrogen-bond donors (Lipinski definition) is 1. The van der Waals surface area contributed by atoms with Gasteiger partial charge >= 0.3 is 11.9 Å². The fourth-order valence-electron chi connectivity index (χ4n) is 3.73. The number of ether oxygens (including phenoxy) is 5. The van der Waals surface area contributed by atoms with Gasteiger partial charge in [-0.2, -0.15) is 0 Å². The van der Waals surface area contributed by atoms with Crippen LogP contribution in [0.2, 0.25) is 0 Å². The molecule has 0 amide bonds. The predicted molar refractivity (Wildman–Crippen MR) is 105 cm³/mol. The summed E-state index contributed by atoms with van der Waals surface area (Å²) in [6.07, 6.45) is 0. The first kappa shape index (κ1) is 18.1. The number of carbonyl (C=O) groups is 2. The minimum atomic E-state index is -1.24. The minimum absolute atomic E-state index is 0.0328. The molecule has 0 atom stereocenters. The number of rotatable bonds is 4. The van der Waals surface area contributed by atoms with Gasteiger partial charge in [-0.15, -0.1) is 0 Å². The van der Waals surface area contributed by atoms with Gasteiger partial charge in [-0.3, -0.25) is 0 Å². The summed E-state index contributed by atoms with van der Waals surface area (Å²) >= 11 is 0. The normalized spacial score (nSPS) is 13.5. The van der Waals surface area contributed by atoms with Crippen molar-refractivity contribution in [2.24, 2.45) is 0 Å². The molecule has 5 rings (SSSR count). The maximum atomic E-state index is 12.9. The molecule has 0 spiro atoms. The first-order valence-corrected chi connectivity index (χ1v) is 9.27. The van der Waals surface area contributed by atoms with Gasteiger partial charge in [0, 0.05) is 5.56 Å². The number of esters is 1. The number of hydrogen-bond acceptors (Lipinski definition) is 7. The van der Waals surface area contributed by atoms with Crippen molar-refractivity contribution in [2.75, 3.05) is 20.2 Å². The summed E-state index contributed by atoms with van der Waals surface area (Å²) in [7, 11) is 0. The van der Waals surface area contributed by atoms with Crippen LogP contribution >= 0.6 is 0 Å².